The summed E-state index contributed by atoms with van der Waals surface area (Å²) in [7, 11) is 0. The molecule has 0 aliphatic heterocycles. The molecular formula is C10H12O. The molecular weight excluding hydrogens is 136 g/mol. The van der Waals surface area contributed by atoms with Crippen LogP contribution in [-0.4, -0.2) is 5.78 Å². The molecule has 58 valence electrons. The zero-order chi connectivity index (χ0) is 7.42. The van der Waals surface area contributed by atoms with Gasteiger partial charge in [-0.1, -0.05) is 6.08 Å². The minimum atomic E-state index is 0.419. The maximum absolute atomic E-state index is 11.4. The number of rotatable bonds is 0. The lowest BCUT2D eigenvalue weighted by atomic mass is 9.81. The van der Waals surface area contributed by atoms with Gasteiger partial charge in [-0.15, -0.1) is 0 Å². The van der Waals surface area contributed by atoms with Crippen LogP contribution >= 0.6 is 0 Å². The van der Waals surface area contributed by atoms with Crippen LogP contribution < -0.4 is 0 Å². The highest BCUT2D eigenvalue weighted by molar-refractivity contribution is 5.95. The molecule has 3 aliphatic carbocycles. The molecule has 11 heavy (non-hydrogen) atoms. The van der Waals surface area contributed by atoms with Crippen LogP contribution in [0.25, 0.3) is 0 Å². The Kier molecular flexibility index (Phi) is 0.961. The second-order valence-corrected chi connectivity index (χ2v) is 4.20. The van der Waals surface area contributed by atoms with Crippen LogP contribution in [0.1, 0.15) is 19.3 Å². The number of allylic oxidation sites excluding steroid dienone is 2. The van der Waals surface area contributed by atoms with Crippen molar-refractivity contribution in [3.05, 3.63) is 12.2 Å². The molecule has 2 saturated carbocycles. The first-order valence-corrected chi connectivity index (χ1v) is 4.58. The Morgan fingerprint density at radius 2 is 2.09 bits per heavy atom. The first-order valence-electron chi connectivity index (χ1n) is 4.58. The molecule has 0 N–H and O–H groups in total. The zero-order valence-corrected chi connectivity index (χ0v) is 6.49. The SMILES string of the molecule is O=C1C=CC2C1[C@@H]1CC[C@H]2C1. The Bertz CT molecular complexity index is 241. The van der Waals surface area contributed by atoms with Crippen LogP contribution in [0, 0.1) is 23.7 Å². The number of fused-ring (bicyclic) bond motifs is 5. The van der Waals surface area contributed by atoms with Crippen LogP contribution in [0.3, 0.4) is 0 Å². The van der Waals surface area contributed by atoms with Crippen molar-refractivity contribution in [2.24, 2.45) is 23.7 Å². The molecule has 2 fully saturated rings. The van der Waals surface area contributed by atoms with Gasteiger partial charge in [0, 0.05) is 5.92 Å². The Labute approximate surface area is 66.5 Å². The number of ketones is 1. The van der Waals surface area contributed by atoms with E-state index in [1.54, 1.807) is 0 Å². The predicted molar refractivity (Wildman–Crippen MR) is 42.0 cm³/mol. The van der Waals surface area contributed by atoms with E-state index < -0.39 is 0 Å². The average molecular weight is 148 g/mol. The van der Waals surface area contributed by atoms with Crippen LogP contribution in [0.5, 0.6) is 0 Å². The molecule has 0 saturated heterocycles. The van der Waals surface area contributed by atoms with Crippen molar-refractivity contribution in [1.82, 2.24) is 0 Å². The molecule has 4 atom stereocenters. The number of carbonyl (C=O) groups excluding carboxylic acids is 1. The standard InChI is InChI=1S/C10H12O/c11-9-4-3-8-6-1-2-7(5-6)10(8)9/h3-4,6-8,10H,1-2,5H2/t6-,7+,8?,10?/m0/s1. The fourth-order valence-electron chi connectivity index (χ4n) is 3.35. The van der Waals surface area contributed by atoms with Gasteiger partial charge in [-0.25, -0.2) is 0 Å². The highest BCUT2D eigenvalue weighted by Gasteiger charge is 2.50. The van der Waals surface area contributed by atoms with Crippen molar-refractivity contribution >= 4 is 5.78 Å². The topological polar surface area (TPSA) is 17.1 Å². The lowest BCUT2D eigenvalue weighted by Crippen LogP contribution is -2.22. The summed E-state index contributed by atoms with van der Waals surface area (Å²) in [6.45, 7) is 0. The van der Waals surface area contributed by atoms with E-state index in [0.717, 1.165) is 11.8 Å². The van der Waals surface area contributed by atoms with Crippen molar-refractivity contribution in [1.29, 1.82) is 0 Å². The third-order valence-corrected chi connectivity index (χ3v) is 3.79. The second-order valence-electron chi connectivity index (χ2n) is 4.20. The van der Waals surface area contributed by atoms with Crippen molar-refractivity contribution in [3.63, 3.8) is 0 Å². The molecule has 0 amide bonds. The average Bonchev–Trinajstić information content (AvgIpc) is 2.60. The fraction of sp³-hybridized carbons (Fsp3) is 0.700. The zero-order valence-electron chi connectivity index (χ0n) is 6.49. The van der Waals surface area contributed by atoms with Crippen LogP contribution in [0.4, 0.5) is 0 Å². The smallest absolute Gasteiger partial charge is 0.159 e. The molecule has 0 radical (unpaired) electrons. The van der Waals surface area contributed by atoms with Gasteiger partial charge in [0.15, 0.2) is 5.78 Å². The molecule has 0 aromatic heterocycles. The molecule has 2 bridgehead atoms. The van der Waals surface area contributed by atoms with Gasteiger partial charge in [0.1, 0.15) is 0 Å². The first kappa shape index (κ1) is 5.99. The van der Waals surface area contributed by atoms with E-state index in [-0.39, 0.29) is 0 Å². The Morgan fingerprint density at radius 3 is 2.91 bits per heavy atom. The Hall–Kier alpha value is -0.590. The number of hydrogen-bond donors (Lipinski definition) is 0. The number of hydrogen-bond acceptors (Lipinski definition) is 1. The van der Waals surface area contributed by atoms with E-state index in [1.807, 2.05) is 6.08 Å². The second kappa shape index (κ2) is 1.77. The quantitative estimate of drug-likeness (QED) is 0.512. The molecule has 1 heteroatoms. The lowest BCUT2D eigenvalue weighted by molar-refractivity contribution is -0.119. The maximum atomic E-state index is 11.4. The monoisotopic (exact) mass is 148 g/mol. The minimum absolute atomic E-state index is 0.419. The molecule has 0 aromatic rings. The van der Waals surface area contributed by atoms with E-state index in [2.05, 4.69) is 6.08 Å². The van der Waals surface area contributed by atoms with E-state index in [4.69, 9.17) is 0 Å². The summed E-state index contributed by atoms with van der Waals surface area (Å²) >= 11 is 0. The summed E-state index contributed by atoms with van der Waals surface area (Å²) in [4.78, 5) is 11.4. The molecule has 3 aliphatic rings. The lowest BCUT2D eigenvalue weighted by Gasteiger charge is -2.22. The summed E-state index contributed by atoms with van der Waals surface area (Å²) in [5, 5.41) is 0. The van der Waals surface area contributed by atoms with Crippen molar-refractivity contribution in [2.75, 3.05) is 0 Å². The van der Waals surface area contributed by atoms with Crippen LogP contribution in [0.15, 0.2) is 12.2 Å². The van der Waals surface area contributed by atoms with E-state index >= 15 is 0 Å². The molecule has 1 nitrogen and oxygen atoms in total. The van der Waals surface area contributed by atoms with Gasteiger partial charge >= 0.3 is 0 Å². The summed E-state index contributed by atoms with van der Waals surface area (Å²) in [5.74, 6) is 3.12. The molecule has 0 heterocycles. The molecule has 2 unspecified atom stereocenters. The van der Waals surface area contributed by atoms with Gasteiger partial charge in [0.2, 0.25) is 0 Å². The summed E-state index contributed by atoms with van der Waals surface area (Å²) in [6, 6.07) is 0. The van der Waals surface area contributed by atoms with Crippen LogP contribution in [-0.2, 0) is 4.79 Å². The third-order valence-electron chi connectivity index (χ3n) is 3.79. The van der Waals surface area contributed by atoms with Gasteiger partial charge in [-0.05, 0) is 43.1 Å². The van der Waals surface area contributed by atoms with Gasteiger partial charge in [-0.3, -0.25) is 4.79 Å². The van der Waals surface area contributed by atoms with Gasteiger partial charge in [0.05, 0.1) is 0 Å². The maximum Gasteiger partial charge on any atom is 0.159 e. The normalized spacial score (nSPS) is 52.2. The van der Waals surface area contributed by atoms with E-state index in [1.165, 1.54) is 19.3 Å². The Balaban J connectivity index is 2.02. The molecule has 3 rings (SSSR count). The number of carbonyl (C=O) groups is 1. The minimum Gasteiger partial charge on any atom is -0.295 e. The van der Waals surface area contributed by atoms with E-state index in [9.17, 15) is 4.79 Å². The highest BCUT2D eigenvalue weighted by Crippen LogP contribution is 2.55. The highest BCUT2D eigenvalue weighted by atomic mass is 16.1. The van der Waals surface area contributed by atoms with Gasteiger partial charge in [-0.2, -0.15) is 0 Å². The van der Waals surface area contributed by atoms with E-state index in [0.29, 0.717) is 17.6 Å². The first-order chi connectivity index (χ1) is 5.36. The molecule has 0 spiro atoms. The summed E-state index contributed by atoms with van der Waals surface area (Å²) < 4.78 is 0. The predicted octanol–water partition coefficient (Wildman–Crippen LogP) is 1.79. The van der Waals surface area contributed by atoms with Gasteiger partial charge in [0.25, 0.3) is 0 Å². The summed E-state index contributed by atoms with van der Waals surface area (Å²) in [5.41, 5.74) is 0. The summed E-state index contributed by atoms with van der Waals surface area (Å²) in [6.07, 6.45) is 8.02. The van der Waals surface area contributed by atoms with Crippen molar-refractivity contribution < 1.29 is 4.79 Å². The largest absolute Gasteiger partial charge is 0.295 e. The Morgan fingerprint density at radius 1 is 1.27 bits per heavy atom. The third kappa shape index (κ3) is 0.597. The fourth-order valence-corrected chi connectivity index (χ4v) is 3.35. The van der Waals surface area contributed by atoms with Crippen molar-refractivity contribution in [3.8, 4) is 0 Å². The van der Waals surface area contributed by atoms with Gasteiger partial charge < -0.3 is 0 Å². The van der Waals surface area contributed by atoms with Crippen molar-refractivity contribution in [2.45, 2.75) is 19.3 Å². The van der Waals surface area contributed by atoms with Crippen LogP contribution in [0.2, 0.25) is 0 Å². The molecule has 0 aromatic carbocycles.